The van der Waals surface area contributed by atoms with E-state index in [0.717, 1.165) is 69.0 Å². The lowest BCUT2D eigenvalue weighted by molar-refractivity contribution is -0.175. The van der Waals surface area contributed by atoms with Gasteiger partial charge in [-0.3, -0.25) is 34.3 Å². The number of ether oxygens (including phenoxy) is 1. The van der Waals surface area contributed by atoms with Gasteiger partial charge in [-0.25, -0.2) is 0 Å². The first-order valence-corrected chi connectivity index (χ1v) is 16.6. The van der Waals surface area contributed by atoms with E-state index in [4.69, 9.17) is 9.84 Å². The van der Waals surface area contributed by atoms with Crippen LogP contribution in [0.2, 0.25) is 0 Å². The van der Waals surface area contributed by atoms with E-state index in [0.29, 0.717) is 12.1 Å². The Kier molecular flexibility index (Phi) is 18.2. The highest BCUT2D eigenvalue weighted by Gasteiger charge is 2.30. The van der Waals surface area contributed by atoms with Crippen LogP contribution >= 0.6 is 0 Å². The third-order valence-corrected chi connectivity index (χ3v) is 7.74. The number of carbonyl (C=O) groups excluding carboxylic acids is 2. The normalized spacial score (nSPS) is 16.7. The lowest BCUT2D eigenvalue weighted by atomic mass is 10.1. The fourth-order valence-corrected chi connectivity index (χ4v) is 5.17. The SMILES string of the molecule is CCN(CCN(Cc1ccccn1)Cc1ccccn1)Cc1ccccn1.CO.O=CNc1ccc(CC(=O)NC2CC(O)COC2O)cc1. The number of benzene rings is 1. The number of hydrogen-bond donors (Lipinski definition) is 5. The van der Waals surface area contributed by atoms with Crippen molar-refractivity contribution in [3.63, 3.8) is 0 Å². The van der Waals surface area contributed by atoms with Crippen molar-refractivity contribution in [1.29, 1.82) is 0 Å². The minimum Gasteiger partial charge on any atom is -0.400 e. The van der Waals surface area contributed by atoms with Gasteiger partial charge in [0.1, 0.15) is 0 Å². The Morgan fingerprint density at radius 1 is 0.820 bits per heavy atom. The van der Waals surface area contributed by atoms with Crippen LogP contribution < -0.4 is 10.6 Å². The van der Waals surface area contributed by atoms with Crippen molar-refractivity contribution in [2.24, 2.45) is 0 Å². The Hall–Kier alpha value is -4.63. The van der Waals surface area contributed by atoms with E-state index in [2.05, 4.69) is 60.5 Å². The predicted molar refractivity (Wildman–Crippen MR) is 190 cm³/mol. The minimum absolute atomic E-state index is 0.0682. The van der Waals surface area contributed by atoms with E-state index >= 15 is 0 Å². The summed E-state index contributed by atoms with van der Waals surface area (Å²) in [6.07, 6.45) is 4.76. The summed E-state index contributed by atoms with van der Waals surface area (Å²) in [6.45, 7) is 7.71. The molecule has 3 aromatic heterocycles. The number of anilines is 1. The van der Waals surface area contributed by atoms with E-state index in [1.807, 2.05) is 55.0 Å². The van der Waals surface area contributed by atoms with Crippen LogP contribution in [-0.2, 0) is 40.4 Å². The van der Waals surface area contributed by atoms with Gasteiger partial charge in [0.05, 0.1) is 42.3 Å². The van der Waals surface area contributed by atoms with Gasteiger partial charge in [-0.15, -0.1) is 0 Å². The molecular formula is C37H49N7O6. The summed E-state index contributed by atoms with van der Waals surface area (Å²) >= 11 is 0. The molecule has 13 heteroatoms. The highest BCUT2D eigenvalue weighted by atomic mass is 16.6. The number of carbonyl (C=O) groups is 2. The zero-order valence-corrected chi connectivity index (χ0v) is 28.7. The molecule has 0 spiro atoms. The molecule has 1 aliphatic heterocycles. The maximum absolute atomic E-state index is 11.9. The van der Waals surface area contributed by atoms with E-state index < -0.39 is 18.4 Å². The number of pyridine rings is 3. The number of rotatable bonds is 15. The van der Waals surface area contributed by atoms with Crippen LogP contribution in [0.5, 0.6) is 0 Å². The van der Waals surface area contributed by atoms with E-state index in [9.17, 15) is 19.8 Å². The van der Waals surface area contributed by atoms with Crippen molar-refractivity contribution in [3.05, 3.63) is 120 Å². The van der Waals surface area contributed by atoms with Gasteiger partial charge >= 0.3 is 0 Å². The Morgan fingerprint density at radius 2 is 1.34 bits per heavy atom. The summed E-state index contributed by atoms with van der Waals surface area (Å²) in [6, 6.07) is 24.5. The molecule has 13 nitrogen and oxygen atoms in total. The number of aliphatic hydroxyl groups excluding tert-OH is 3. The Bertz CT molecular complexity index is 1450. The molecule has 5 rings (SSSR count). The zero-order valence-electron chi connectivity index (χ0n) is 28.7. The summed E-state index contributed by atoms with van der Waals surface area (Å²) in [5.74, 6) is -0.271. The van der Waals surface area contributed by atoms with Gasteiger partial charge < -0.3 is 30.7 Å². The largest absolute Gasteiger partial charge is 0.400 e. The van der Waals surface area contributed by atoms with Crippen molar-refractivity contribution in [2.75, 3.05) is 38.7 Å². The molecule has 2 amide bonds. The van der Waals surface area contributed by atoms with Gasteiger partial charge in [0.15, 0.2) is 6.29 Å². The van der Waals surface area contributed by atoms with Gasteiger partial charge in [-0.2, -0.15) is 0 Å². The molecule has 4 aromatic rings. The van der Waals surface area contributed by atoms with Crippen molar-refractivity contribution in [3.8, 4) is 0 Å². The van der Waals surface area contributed by atoms with Crippen LogP contribution in [0.3, 0.4) is 0 Å². The van der Waals surface area contributed by atoms with Crippen molar-refractivity contribution >= 4 is 18.0 Å². The first-order valence-electron chi connectivity index (χ1n) is 16.6. The van der Waals surface area contributed by atoms with Crippen molar-refractivity contribution in [2.45, 2.75) is 57.8 Å². The molecular weight excluding hydrogens is 638 g/mol. The number of aromatic nitrogens is 3. The Morgan fingerprint density at radius 3 is 1.82 bits per heavy atom. The third-order valence-electron chi connectivity index (χ3n) is 7.74. The lowest BCUT2D eigenvalue weighted by Crippen LogP contribution is -2.51. The minimum atomic E-state index is -1.10. The second kappa shape index (κ2) is 22.9. The van der Waals surface area contributed by atoms with Gasteiger partial charge in [0, 0.05) is 70.5 Å². The van der Waals surface area contributed by atoms with Crippen molar-refractivity contribution < 1.29 is 29.6 Å². The van der Waals surface area contributed by atoms with E-state index in [-0.39, 0.29) is 25.4 Å². The van der Waals surface area contributed by atoms with Crippen LogP contribution in [0.25, 0.3) is 0 Å². The van der Waals surface area contributed by atoms with Crippen LogP contribution in [0.4, 0.5) is 5.69 Å². The van der Waals surface area contributed by atoms with Crippen LogP contribution in [-0.4, -0.2) is 104 Å². The quantitative estimate of drug-likeness (QED) is 0.116. The summed E-state index contributed by atoms with van der Waals surface area (Å²) < 4.78 is 4.95. The predicted octanol–water partition coefficient (Wildman–Crippen LogP) is 2.39. The molecule has 0 saturated carbocycles. The first-order chi connectivity index (χ1) is 24.4. The molecule has 4 heterocycles. The molecule has 0 aliphatic carbocycles. The molecule has 1 aliphatic rings. The van der Waals surface area contributed by atoms with Crippen LogP contribution in [0.15, 0.2) is 97.5 Å². The summed E-state index contributed by atoms with van der Waals surface area (Å²) in [4.78, 5) is 40.5. The molecule has 0 bridgehead atoms. The number of nitrogens with one attached hydrogen (secondary N) is 2. The molecule has 268 valence electrons. The third kappa shape index (κ3) is 14.9. The van der Waals surface area contributed by atoms with Crippen LogP contribution in [0, 0.1) is 0 Å². The number of amides is 2. The smallest absolute Gasteiger partial charge is 0.224 e. The Balaban J connectivity index is 0.000000265. The molecule has 3 atom stereocenters. The van der Waals surface area contributed by atoms with Gasteiger partial charge in [-0.1, -0.05) is 37.3 Å². The monoisotopic (exact) mass is 687 g/mol. The summed E-state index contributed by atoms with van der Waals surface area (Å²) in [5.41, 5.74) is 4.70. The van der Waals surface area contributed by atoms with Crippen LogP contribution in [0.1, 0.15) is 36.0 Å². The standard InChI is InChI=1S/C22H27N5.C14H18N2O5.CH4O/c1-2-26(17-20-9-3-6-12-23-20)15-16-27(18-21-10-4-7-13-24-21)19-22-11-5-8-14-25-22;17-8-15-10-3-1-9(2-4-10)5-13(19)16-12-6-11(18)7-21-14(12)20;1-2/h3-14H,2,15-19H2,1H3;1-4,8,11-12,14,18,20H,5-7H2,(H,15,17)(H,16,19);2H,1H3. The molecule has 1 fully saturated rings. The summed E-state index contributed by atoms with van der Waals surface area (Å²) in [7, 11) is 1.00. The Labute approximate surface area is 294 Å². The summed E-state index contributed by atoms with van der Waals surface area (Å²) in [5, 5.41) is 31.2. The molecule has 1 aromatic carbocycles. The second-order valence-corrected chi connectivity index (χ2v) is 11.5. The van der Waals surface area contributed by atoms with Gasteiger partial charge in [0.25, 0.3) is 0 Å². The van der Waals surface area contributed by atoms with E-state index in [1.165, 1.54) is 0 Å². The lowest BCUT2D eigenvalue weighted by Gasteiger charge is -2.31. The topological polar surface area (TPSA) is 173 Å². The molecule has 0 radical (unpaired) electrons. The van der Waals surface area contributed by atoms with Crippen molar-refractivity contribution in [1.82, 2.24) is 30.1 Å². The maximum atomic E-state index is 11.9. The number of nitrogens with zero attached hydrogens (tertiary/aromatic N) is 5. The fraction of sp³-hybridized carbons (Fsp3) is 0.378. The highest BCUT2D eigenvalue weighted by Crippen LogP contribution is 2.14. The van der Waals surface area contributed by atoms with Gasteiger partial charge in [-0.05, 0) is 60.6 Å². The number of likely N-dealkylation sites (N-methyl/N-ethyl adjacent to an activating group) is 1. The number of aliphatic hydroxyl groups is 3. The van der Waals surface area contributed by atoms with Gasteiger partial charge in [0.2, 0.25) is 12.3 Å². The average Bonchev–Trinajstić information content (AvgIpc) is 3.15. The molecule has 1 saturated heterocycles. The first kappa shape index (κ1) is 39.8. The molecule has 3 unspecified atom stereocenters. The second-order valence-electron chi connectivity index (χ2n) is 11.5. The zero-order chi connectivity index (χ0) is 36.0. The fourth-order valence-electron chi connectivity index (χ4n) is 5.17. The maximum Gasteiger partial charge on any atom is 0.224 e. The number of hydrogen-bond acceptors (Lipinski definition) is 11. The highest BCUT2D eigenvalue weighted by molar-refractivity contribution is 5.79. The average molecular weight is 688 g/mol. The molecule has 5 N–H and O–H groups in total. The molecule has 50 heavy (non-hydrogen) atoms. The van der Waals surface area contributed by atoms with E-state index in [1.54, 1.807) is 24.3 Å².